The van der Waals surface area contributed by atoms with Gasteiger partial charge in [-0.3, -0.25) is 9.89 Å². The topological polar surface area (TPSA) is 58.6 Å². The van der Waals surface area contributed by atoms with Crippen LogP contribution in [0.3, 0.4) is 0 Å². The molecule has 0 amide bonds. The molecular weight excluding hydrogens is 349 g/mol. The SMILES string of the molecule is CC(=O)c1c(C)cc(C)c(CSc2n[nH]c(-c3ccccc3F)n2)c1C. The first-order chi connectivity index (χ1) is 12.4. The maximum absolute atomic E-state index is 13.9. The molecule has 0 saturated heterocycles. The summed E-state index contributed by atoms with van der Waals surface area (Å²) in [4.78, 5) is 16.3. The molecule has 3 aromatic rings. The summed E-state index contributed by atoms with van der Waals surface area (Å²) in [5.41, 5.74) is 5.44. The Balaban J connectivity index is 1.84. The zero-order chi connectivity index (χ0) is 18.8. The van der Waals surface area contributed by atoms with E-state index < -0.39 is 0 Å². The second-order valence-electron chi connectivity index (χ2n) is 6.28. The van der Waals surface area contributed by atoms with Gasteiger partial charge in [0, 0.05) is 11.3 Å². The number of carbonyl (C=O) groups is 1. The van der Waals surface area contributed by atoms with Crippen molar-refractivity contribution in [2.45, 2.75) is 38.6 Å². The molecule has 134 valence electrons. The lowest BCUT2D eigenvalue weighted by Crippen LogP contribution is -2.05. The number of nitrogens with one attached hydrogen (secondary N) is 1. The van der Waals surface area contributed by atoms with E-state index in [-0.39, 0.29) is 11.6 Å². The van der Waals surface area contributed by atoms with Crippen LogP contribution < -0.4 is 0 Å². The Morgan fingerprint density at radius 3 is 2.62 bits per heavy atom. The van der Waals surface area contributed by atoms with Gasteiger partial charge in [0.25, 0.3) is 0 Å². The van der Waals surface area contributed by atoms with Crippen molar-refractivity contribution in [3.8, 4) is 11.4 Å². The average Bonchev–Trinajstić information content (AvgIpc) is 3.03. The van der Waals surface area contributed by atoms with E-state index in [4.69, 9.17) is 0 Å². The molecule has 0 atom stereocenters. The molecule has 0 radical (unpaired) electrons. The molecule has 26 heavy (non-hydrogen) atoms. The molecule has 6 heteroatoms. The lowest BCUT2D eigenvalue weighted by Gasteiger charge is -2.15. The number of benzene rings is 2. The Kier molecular flexibility index (Phi) is 5.23. The van der Waals surface area contributed by atoms with E-state index in [1.807, 2.05) is 26.8 Å². The molecule has 0 unspecified atom stereocenters. The first-order valence-corrected chi connectivity index (χ1v) is 9.27. The van der Waals surface area contributed by atoms with Crippen LogP contribution in [0, 0.1) is 26.6 Å². The van der Waals surface area contributed by atoms with Crippen molar-refractivity contribution in [1.82, 2.24) is 15.2 Å². The number of hydrogen-bond acceptors (Lipinski definition) is 4. The normalized spacial score (nSPS) is 11.0. The van der Waals surface area contributed by atoms with Gasteiger partial charge in [0.2, 0.25) is 5.16 Å². The number of hydrogen-bond donors (Lipinski definition) is 1. The fourth-order valence-corrected chi connectivity index (χ4v) is 4.20. The molecule has 0 aliphatic rings. The summed E-state index contributed by atoms with van der Waals surface area (Å²) in [6, 6.07) is 8.50. The molecule has 0 saturated carbocycles. The van der Waals surface area contributed by atoms with Gasteiger partial charge < -0.3 is 0 Å². The van der Waals surface area contributed by atoms with E-state index >= 15 is 0 Å². The van der Waals surface area contributed by atoms with Crippen molar-refractivity contribution in [3.63, 3.8) is 0 Å². The Bertz CT molecular complexity index is 981. The number of aryl methyl sites for hydroxylation is 2. The highest BCUT2D eigenvalue weighted by Gasteiger charge is 2.16. The molecule has 0 aliphatic carbocycles. The number of aromatic nitrogens is 3. The van der Waals surface area contributed by atoms with Gasteiger partial charge in [-0.1, -0.05) is 30.0 Å². The monoisotopic (exact) mass is 369 g/mol. The second kappa shape index (κ2) is 7.41. The molecule has 0 spiro atoms. The highest BCUT2D eigenvalue weighted by Crippen LogP contribution is 2.29. The number of thioether (sulfide) groups is 1. The third-order valence-corrected chi connectivity index (χ3v) is 5.30. The molecule has 4 nitrogen and oxygen atoms in total. The molecule has 1 aromatic heterocycles. The number of halogens is 1. The minimum atomic E-state index is -0.337. The van der Waals surface area contributed by atoms with Crippen LogP contribution in [0.1, 0.15) is 39.5 Å². The highest BCUT2D eigenvalue weighted by atomic mass is 32.2. The zero-order valence-electron chi connectivity index (χ0n) is 15.2. The number of carbonyl (C=O) groups excluding carboxylic acids is 1. The number of aromatic amines is 1. The van der Waals surface area contributed by atoms with Crippen LogP contribution in [-0.2, 0) is 5.75 Å². The van der Waals surface area contributed by atoms with Crippen LogP contribution in [0.5, 0.6) is 0 Å². The van der Waals surface area contributed by atoms with Gasteiger partial charge in [0.1, 0.15) is 5.82 Å². The summed E-state index contributed by atoms with van der Waals surface area (Å²) in [7, 11) is 0. The second-order valence-corrected chi connectivity index (χ2v) is 7.22. The lowest BCUT2D eigenvalue weighted by atomic mass is 9.92. The van der Waals surface area contributed by atoms with Crippen molar-refractivity contribution < 1.29 is 9.18 Å². The van der Waals surface area contributed by atoms with Crippen LogP contribution in [0.4, 0.5) is 4.39 Å². The van der Waals surface area contributed by atoms with Crippen molar-refractivity contribution in [3.05, 3.63) is 64.0 Å². The van der Waals surface area contributed by atoms with E-state index in [9.17, 15) is 9.18 Å². The summed E-state index contributed by atoms with van der Waals surface area (Å²) < 4.78 is 13.9. The van der Waals surface area contributed by atoms with Crippen LogP contribution >= 0.6 is 11.8 Å². The quantitative estimate of drug-likeness (QED) is 0.506. The van der Waals surface area contributed by atoms with Crippen LogP contribution in [-0.4, -0.2) is 21.0 Å². The smallest absolute Gasteiger partial charge is 0.209 e. The van der Waals surface area contributed by atoms with Crippen molar-refractivity contribution in [1.29, 1.82) is 0 Å². The predicted octanol–water partition coefficient (Wildman–Crippen LogP) is 5.03. The van der Waals surface area contributed by atoms with Gasteiger partial charge in [-0.25, -0.2) is 9.37 Å². The first-order valence-electron chi connectivity index (χ1n) is 8.29. The summed E-state index contributed by atoms with van der Waals surface area (Å²) in [6.07, 6.45) is 0. The molecule has 1 N–H and O–H groups in total. The average molecular weight is 369 g/mol. The van der Waals surface area contributed by atoms with Crippen molar-refractivity contribution >= 4 is 17.5 Å². The highest BCUT2D eigenvalue weighted by molar-refractivity contribution is 7.98. The maximum Gasteiger partial charge on any atom is 0.209 e. The molecular formula is C20H20FN3OS. The molecule has 3 rings (SSSR count). The van der Waals surface area contributed by atoms with Crippen LogP contribution in [0.2, 0.25) is 0 Å². The minimum Gasteiger partial charge on any atom is -0.294 e. The first kappa shape index (κ1) is 18.3. The zero-order valence-corrected chi connectivity index (χ0v) is 16.0. The van der Waals surface area contributed by atoms with E-state index in [0.717, 1.165) is 27.8 Å². The standard InChI is InChI=1S/C20H20FN3OS/c1-11-9-12(2)18(14(4)25)13(3)16(11)10-26-20-22-19(23-24-20)15-7-5-6-8-17(15)21/h5-9H,10H2,1-4H3,(H,22,23,24). The third kappa shape index (κ3) is 3.55. The van der Waals surface area contributed by atoms with Crippen molar-refractivity contribution in [2.24, 2.45) is 0 Å². The number of H-pyrrole nitrogens is 1. The Labute approximate surface area is 156 Å². The van der Waals surface area contributed by atoms with E-state index in [1.165, 1.54) is 17.8 Å². The molecule has 2 aromatic carbocycles. The van der Waals surface area contributed by atoms with E-state index in [1.54, 1.807) is 25.1 Å². The largest absolute Gasteiger partial charge is 0.294 e. The molecule has 1 heterocycles. The van der Waals surface area contributed by atoms with Crippen LogP contribution in [0.25, 0.3) is 11.4 Å². The Hall–Kier alpha value is -2.47. The van der Waals surface area contributed by atoms with Crippen LogP contribution in [0.15, 0.2) is 35.5 Å². The van der Waals surface area contributed by atoms with Gasteiger partial charge >= 0.3 is 0 Å². The van der Waals surface area contributed by atoms with E-state index in [2.05, 4.69) is 15.2 Å². The lowest BCUT2D eigenvalue weighted by molar-refractivity contribution is 0.101. The molecule has 0 bridgehead atoms. The number of Topliss-reactive ketones (excluding diaryl/α,β-unsaturated/α-hetero) is 1. The van der Waals surface area contributed by atoms with E-state index in [0.29, 0.717) is 22.3 Å². The third-order valence-electron chi connectivity index (χ3n) is 4.42. The fourth-order valence-electron chi connectivity index (χ4n) is 3.21. The van der Waals surface area contributed by atoms with Gasteiger partial charge in [0.05, 0.1) is 5.56 Å². The Morgan fingerprint density at radius 2 is 1.92 bits per heavy atom. The van der Waals surface area contributed by atoms with Gasteiger partial charge in [0.15, 0.2) is 11.6 Å². The number of rotatable bonds is 5. The van der Waals surface area contributed by atoms with Gasteiger partial charge in [-0.15, -0.1) is 5.10 Å². The summed E-state index contributed by atoms with van der Waals surface area (Å²) in [6.45, 7) is 7.58. The van der Waals surface area contributed by atoms with Crippen molar-refractivity contribution in [2.75, 3.05) is 0 Å². The fraction of sp³-hybridized carbons (Fsp3) is 0.250. The summed E-state index contributed by atoms with van der Waals surface area (Å²) in [5.74, 6) is 0.794. The van der Waals surface area contributed by atoms with Gasteiger partial charge in [-0.05, 0) is 62.1 Å². The number of ketones is 1. The summed E-state index contributed by atoms with van der Waals surface area (Å²) >= 11 is 1.46. The predicted molar refractivity (Wildman–Crippen MR) is 102 cm³/mol. The molecule has 0 fully saturated rings. The number of nitrogens with zero attached hydrogens (tertiary/aromatic N) is 2. The minimum absolute atomic E-state index is 0.0750. The van der Waals surface area contributed by atoms with Gasteiger partial charge in [-0.2, -0.15) is 0 Å². The summed E-state index contributed by atoms with van der Waals surface area (Å²) in [5, 5.41) is 7.52. The molecule has 0 aliphatic heterocycles. The maximum atomic E-state index is 13.9. The Morgan fingerprint density at radius 1 is 1.19 bits per heavy atom.